The SMILES string of the molecule is CCc1cc(NCc2cccc(OCC(F)F)c2)n2ncnc2n1. The van der Waals surface area contributed by atoms with Gasteiger partial charge >= 0.3 is 0 Å². The van der Waals surface area contributed by atoms with Gasteiger partial charge in [-0.1, -0.05) is 19.1 Å². The number of anilines is 1. The zero-order chi connectivity index (χ0) is 16.9. The fourth-order valence-corrected chi connectivity index (χ4v) is 2.27. The maximum Gasteiger partial charge on any atom is 0.272 e. The Balaban J connectivity index is 1.74. The van der Waals surface area contributed by atoms with Crippen LogP contribution < -0.4 is 10.1 Å². The van der Waals surface area contributed by atoms with Crippen LogP contribution in [-0.2, 0) is 13.0 Å². The predicted molar refractivity (Wildman–Crippen MR) is 85.4 cm³/mol. The van der Waals surface area contributed by atoms with Crippen molar-refractivity contribution in [2.75, 3.05) is 11.9 Å². The Hall–Kier alpha value is -2.77. The molecule has 0 spiro atoms. The van der Waals surface area contributed by atoms with Gasteiger partial charge in [0.1, 0.15) is 24.5 Å². The smallest absolute Gasteiger partial charge is 0.272 e. The number of nitrogens with zero attached hydrogens (tertiary/aromatic N) is 4. The topological polar surface area (TPSA) is 64.3 Å². The second-order valence-electron chi connectivity index (χ2n) is 5.16. The van der Waals surface area contributed by atoms with E-state index in [0.29, 0.717) is 18.1 Å². The van der Waals surface area contributed by atoms with E-state index in [2.05, 4.69) is 20.4 Å². The molecule has 0 aliphatic rings. The summed E-state index contributed by atoms with van der Waals surface area (Å²) >= 11 is 0. The Morgan fingerprint density at radius 3 is 2.96 bits per heavy atom. The summed E-state index contributed by atoms with van der Waals surface area (Å²) in [5.41, 5.74) is 1.82. The van der Waals surface area contributed by atoms with Crippen molar-refractivity contribution in [2.24, 2.45) is 0 Å². The molecule has 126 valence electrons. The van der Waals surface area contributed by atoms with Crippen LogP contribution in [0.1, 0.15) is 18.2 Å². The summed E-state index contributed by atoms with van der Waals surface area (Å²) in [5.74, 6) is 1.73. The van der Waals surface area contributed by atoms with E-state index in [0.717, 1.165) is 23.5 Å². The summed E-state index contributed by atoms with van der Waals surface area (Å²) < 4.78 is 31.1. The molecule has 0 aliphatic carbocycles. The van der Waals surface area contributed by atoms with E-state index in [9.17, 15) is 8.78 Å². The highest BCUT2D eigenvalue weighted by Gasteiger charge is 2.07. The highest BCUT2D eigenvalue weighted by Crippen LogP contribution is 2.17. The number of nitrogens with one attached hydrogen (secondary N) is 1. The number of aryl methyl sites for hydroxylation is 1. The van der Waals surface area contributed by atoms with E-state index in [1.165, 1.54) is 6.33 Å². The van der Waals surface area contributed by atoms with Crippen molar-refractivity contribution in [3.63, 3.8) is 0 Å². The van der Waals surface area contributed by atoms with E-state index in [1.54, 1.807) is 22.7 Å². The van der Waals surface area contributed by atoms with Crippen LogP contribution in [0.15, 0.2) is 36.7 Å². The van der Waals surface area contributed by atoms with Crippen LogP contribution in [0.25, 0.3) is 5.78 Å². The first-order valence-corrected chi connectivity index (χ1v) is 7.59. The monoisotopic (exact) mass is 333 g/mol. The Morgan fingerprint density at radius 1 is 1.29 bits per heavy atom. The highest BCUT2D eigenvalue weighted by molar-refractivity contribution is 5.45. The summed E-state index contributed by atoms with van der Waals surface area (Å²) in [6.07, 6.45) is -0.252. The zero-order valence-corrected chi connectivity index (χ0v) is 13.1. The fraction of sp³-hybridized carbons (Fsp3) is 0.312. The predicted octanol–water partition coefficient (Wildman–Crippen LogP) is 2.94. The molecule has 0 aliphatic heterocycles. The molecule has 0 saturated carbocycles. The molecule has 1 N–H and O–H groups in total. The van der Waals surface area contributed by atoms with Crippen molar-refractivity contribution >= 4 is 11.6 Å². The number of hydrogen-bond donors (Lipinski definition) is 1. The molecule has 3 rings (SSSR count). The minimum atomic E-state index is -2.49. The van der Waals surface area contributed by atoms with E-state index >= 15 is 0 Å². The molecule has 1 aromatic carbocycles. The van der Waals surface area contributed by atoms with E-state index in [1.807, 2.05) is 19.1 Å². The van der Waals surface area contributed by atoms with Gasteiger partial charge in [-0.2, -0.15) is 14.6 Å². The number of ether oxygens (including phenoxy) is 1. The van der Waals surface area contributed by atoms with Gasteiger partial charge < -0.3 is 10.1 Å². The second kappa shape index (κ2) is 7.20. The molecule has 0 fully saturated rings. The average Bonchev–Trinajstić information content (AvgIpc) is 3.06. The van der Waals surface area contributed by atoms with Crippen molar-refractivity contribution < 1.29 is 13.5 Å². The first-order chi connectivity index (χ1) is 11.7. The molecular weight excluding hydrogens is 316 g/mol. The number of aromatic nitrogens is 4. The van der Waals surface area contributed by atoms with Crippen LogP contribution in [0.5, 0.6) is 5.75 Å². The summed E-state index contributed by atoms with van der Waals surface area (Å²) in [6.45, 7) is 1.90. The minimum absolute atomic E-state index is 0.421. The maximum absolute atomic E-state index is 12.2. The highest BCUT2D eigenvalue weighted by atomic mass is 19.3. The summed E-state index contributed by atoms with van der Waals surface area (Å²) in [5, 5.41) is 7.42. The van der Waals surface area contributed by atoms with Crippen LogP contribution in [0.4, 0.5) is 14.6 Å². The van der Waals surface area contributed by atoms with Gasteiger partial charge in [-0.05, 0) is 24.1 Å². The molecule has 2 heterocycles. The van der Waals surface area contributed by atoms with Crippen molar-refractivity contribution in [1.82, 2.24) is 19.6 Å². The lowest BCUT2D eigenvalue weighted by atomic mass is 10.2. The van der Waals surface area contributed by atoms with Gasteiger partial charge in [0.25, 0.3) is 12.2 Å². The van der Waals surface area contributed by atoms with Crippen LogP contribution in [0.3, 0.4) is 0 Å². The number of halogens is 2. The summed E-state index contributed by atoms with van der Waals surface area (Å²) in [6, 6.07) is 8.97. The third-order valence-electron chi connectivity index (χ3n) is 3.42. The molecule has 24 heavy (non-hydrogen) atoms. The molecule has 8 heteroatoms. The number of benzene rings is 1. The van der Waals surface area contributed by atoms with Gasteiger partial charge in [-0.15, -0.1) is 0 Å². The standard InChI is InChI=1S/C16H17F2N5O/c1-2-12-7-15(23-16(22-12)20-10-21-23)19-8-11-4-3-5-13(6-11)24-9-14(17)18/h3-7,10,14,19H,2,8-9H2,1H3. The van der Waals surface area contributed by atoms with Crippen LogP contribution in [-0.4, -0.2) is 32.6 Å². The molecular formula is C16H17F2N5O. The summed E-state index contributed by atoms with van der Waals surface area (Å²) in [7, 11) is 0. The van der Waals surface area contributed by atoms with Crippen molar-refractivity contribution in [2.45, 2.75) is 26.3 Å². The van der Waals surface area contributed by atoms with Crippen LogP contribution in [0.2, 0.25) is 0 Å². The van der Waals surface area contributed by atoms with Gasteiger partial charge in [-0.25, -0.2) is 13.8 Å². The normalized spacial score (nSPS) is 11.2. The molecule has 3 aromatic rings. The van der Waals surface area contributed by atoms with Crippen molar-refractivity contribution in [3.05, 3.63) is 47.9 Å². The number of fused-ring (bicyclic) bond motifs is 1. The van der Waals surface area contributed by atoms with Crippen molar-refractivity contribution in [1.29, 1.82) is 0 Å². The average molecular weight is 333 g/mol. The van der Waals surface area contributed by atoms with Crippen LogP contribution >= 0.6 is 0 Å². The van der Waals surface area contributed by atoms with Gasteiger partial charge in [0.15, 0.2) is 0 Å². The summed E-state index contributed by atoms with van der Waals surface area (Å²) in [4.78, 5) is 8.49. The molecule has 0 saturated heterocycles. The lowest BCUT2D eigenvalue weighted by molar-refractivity contribution is 0.0818. The van der Waals surface area contributed by atoms with Crippen LogP contribution in [0, 0.1) is 0 Å². The van der Waals surface area contributed by atoms with E-state index in [-0.39, 0.29) is 0 Å². The second-order valence-corrected chi connectivity index (χ2v) is 5.16. The number of hydrogen-bond acceptors (Lipinski definition) is 5. The Labute approximate surface area is 137 Å². The lowest BCUT2D eigenvalue weighted by Crippen LogP contribution is -2.09. The molecule has 0 unspecified atom stereocenters. The number of rotatable bonds is 7. The van der Waals surface area contributed by atoms with Gasteiger partial charge in [0.2, 0.25) is 0 Å². The first kappa shape index (κ1) is 16.1. The van der Waals surface area contributed by atoms with Crippen molar-refractivity contribution in [3.8, 4) is 5.75 Å². The Kier molecular flexibility index (Phi) is 4.83. The van der Waals surface area contributed by atoms with E-state index < -0.39 is 13.0 Å². The molecule has 0 bridgehead atoms. The van der Waals surface area contributed by atoms with Gasteiger partial charge in [0, 0.05) is 18.3 Å². The fourth-order valence-electron chi connectivity index (χ4n) is 2.27. The molecule has 2 aromatic heterocycles. The van der Waals surface area contributed by atoms with E-state index in [4.69, 9.17) is 4.74 Å². The van der Waals surface area contributed by atoms with Gasteiger partial charge in [0.05, 0.1) is 0 Å². The first-order valence-electron chi connectivity index (χ1n) is 7.59. The molecule has 0 radical (unpaired) electrons. The third-order valence-corrected chi connectivity index (χ3v) is 3.42. The lowest BCUT2D eigenvalue weighted by Gasteiger charge is -2.11. The zero-order valence-electron chi connectivity index (χ0n) is 13.1. The Morgan fingerprint density at radius 2 is 2.17 bits per heavy atom. The Bertz CT molecular complexity index is 821. The third kappa shape index (κ3) is 3.76. The number of alkyl halides is 2. The molecule has 0 amide bonds. The largest absolute Gasteiger partial charge is 0.488 e. The minimum Gasteiger partial charge on any atom is -0.488 e. The molecule has 6 nitrogen and oxygen atoms in total. The quantitative estimate of drug-likeness (QED) is 0.720. The van der Waals surface area contributed by atoms with Gasteiger partial charge in [-0.3, -0.25) is 0 Å². The maximum atomic E-state index is 12.2. The molecule has 0 atom stereocenters.